The van der Waals surface area contributed by atoms with Crippen LogP contribution in [0.25, 0.3) is 22.0 Å². The van der Waals surface area contributed by atoms with Crippen LogP contribution in [-0.4, -0.2) is 16.1 Å². The highest BCUT2D eigenvalue weighted by atomic mass is 35.5. The van der Waals surface area contributed by atoms with Crippen LogP contribution in [0, 0.1) is 6.92 Å². The Morgan fingerprint density at radius 3 is 2.53 bits per heavy atom. The molecule has 0 atom stereocenters. The van der Waals surface area contributed by atoms with Crippen LogP contribution in [0.4, 0.5) is 0 Å². The number of rotatable bonds is 6. The molecule has 1 N–H and O–H groups in total. The number of pyridine rings is 1. The Hall–Kier alpha value is -3.37. The van der Waals surface area contributed by atoms with Gasteiger partial charge < -0.3 is 9.84 Å². The fraction of sp³-hybridized carbons (Fsp3) is 0.120. The number of ether oxygens (including phenoxy) is 1. The molecule has 0 amide bonds. The number of aryl methyl sites for hydroxylation is 1. The Labute approximate surface area is 179 Å². The minimum atomic E-state index is -0.837. The summed E-state index contributed by atoms with van der Waals surface area (Å²) in [6.45, 7) is 2.44. The number of fused-ring (bicyclic) bond motifs is 1. The molecule has 0 saturated heterocycles. The molecule has 0 saturated carbocycles. The average molecular weight is 418 g/mol. The molecule has 0 unspecified atom stereocenters. The molecule has 30 heavy (non-hydrogen) atoms. The zero-order valence-corrected chi connectivity index (χ0v) is 17.2. The molecule has 4 aromatic rings. The fourth-order valence-electron chi connectivity index (χ4n) is 3.51. The van der Waals surface area contributed by atoms with Crippen LogP contribution in [0.5, 0.6) is 5.75 Å². The van der Waals surface area contributed by atoms with Crippen molar-refractivity contribution in [2.24, 2.45) is 0 Å². The maximum Gasteiger partial charge on any atom is 0.307 e. The van der Waals surface area contributed by atoms with Crippen LogP contribution in [0.2, 0.25) is 5.02 Å². The van der Waals surface area contributed by atoms with Gasteiger partial charge in [0.2, 0.25) is 0 Å². The maximum absolute atomic E-state index is 10.8. The van der Waals surface area contributed by atoms with Crippen LogP contribution >= 0.6 is 11.6 Å². The monoisotopic (exact) mass is 417 g/mol. The number of carbonyl (C=O) groups is 1. The van der Waals surface area contributed by atoms with Crippen molar-refractivity contribution < 1.29 is 14.6 Å². The number of benzene rings is 3. The third kappa shape index (κ3) is 4.29. The molecule has 0 aliphatic rings. The molecule has 3 aromatic carbocycles. The van der Waals surface area contributed by atoms with Crippen LogP contribution in [0.3, 0.4) is 0 Å². The fourth-order valence-corrected chi connectivity index (χ4v) is 3.73. The largest absolute Gasteiger partial charge is 0.489 e. The number of halogens is 1. The van der Waals surface area contributed by atoms with Gasteiger partial charge in [0.05, 0.1) is 17.0 Å². The van der Waals surface area contributed by atoms with Gasteiger partial charge in [-0.1, -0.05) is 60.1 Å². The van der Waals surface area contributed by atoms with Crippen LogP contribution < -0.4 is 4.74 Å². The summed E-state index contributed by atoms with van der Waals surface area (Å²) >= 11 is 6.34. The van der Waals surface area contributed by atoms with Gasteiger partial charge in [-0.2, -0.15) is 0 Å². The first-order valence-electron chi connectivity index (χ1n) is 9.58. The summed E-state index contributed by atoms with van der Waals surface area (Å²) in [5.41, 5.74) is 5.73. The van der Waals surface area contributed by atoms with Gasteiger partial charge in [-0.3, -0.25) is 9.78 Å². The highest BCUT2D eigenvalue weighted by molar-refractivity contribution is 6.35. The first-order valence-corrected chi connectivity index (χ1v) is 9.96. The van der Waals surface area contributed by atoms with Gasteiger partial charge in [0.1, 0.15) is 12.4 Å². The summed E-state index contributed by atoms with van der Waals surface area (Å²) in [6, 6.07) is 21.2. The molecular weight excluding hydrogens is 398 g/mol. The summed E-state index contributed by atoms with van der Waals surface area (Å²) in [4.78, 5) is 15.3. The van der Waals surface area contributed by atoms with E-state index in [2.05, 4.69) is 11.1 Å². The number of hydrogen-bond acceptors (Lipinski definition) is 3. The predicted octanol–water partition coefficient (Wildman–Crippen LogP) is 6.07. The normalized spacial score (nSPS) is 10.9. The lowest BCUT2D eigenvalue weighted by molar-refractivity contribution is -0.136. The number of carboxylic acid groups (broad SMARTS) is 1. The van der Waals surface area contributed by atoms with Gasteiger partial charge in [0, 0.05) is 11.6 Å². The van der Waals surface area contributed by atoms with E-state index in [4.69, 9.17) is 21.4 Å². The minimum Gasteiger partial charge on any atom is -0.489 e. The molecule has 0 bridgehead atoms. The second-order valence-electron chi connectivity index (χ2n) is 7.16. The minimum absolute atomic E-state index is 0.0203. The van der Waals surface area contributed by atoms with Gasteiger partial charge in [0.15, 0.2) is 0 Å². The van der Waals surface area contributed by atoms with Crippen molar-refractivity contribution in [2.75, 3.05) is 0 Å². The van der Waals surface area contributed by atoms with Crippen molar-refractivity contribution >= 4 is 28.5 Å². The number of nitrogens with zero attached hydrogens (tertiary/aromatic N) is 1. The molecule has 4 rings (SSSR count). The van der Waals surface area contributed by atoms with Crippen molar-refractivity contribution in [1.82, 2.24) is 4.98 Å². The van der Waals surface area contributed by atoms with E-state index < -0.39 is 5.97 Å². The predicted molar refractivity (Wildman–Crippen MR) is 119 cm³/mol. The molecule has 1 heterocycles. The lowest BCUT2D eigenvalue weighted by Gasteiger charge is -2.13. The standard InChI is InChI=1S/C25H20ClNO3/c1-16-14-27-25-21(6-3-7-22(25)26)24(16)19-4-2-5-20(13-19)30-15-18-10-8-17(9-11-18)12-23(28)29/h2-11,13-14H,12,15H2,1H3,(H,28,29). The van der Waals surface area contributed by atoms with Crippen LogP contribution in [0.1, 0.15) is 16.7 Å². The molecule has 0 aliphatic heterocycles. The third-order valence-corrected chi connectivity index (χ3v) is 5.25. The molecule has 1 aromatic heterocycles. The molecule has 0 radical (unpaired) electrons. The van der Waals surface area contributed by atoms with E-state index in [1.54, 1.807) is 0 Å². The molecule has 0 spiro atoms. The van der Waals surface area contributed by atoms with E-state index >= 15 is 0 Å². The molecular formula is C25H20ClNO3. The third-order valence-electron chi connectivity index (χ3n) is 4.94. The summed E-state index contributed by atoms with van der Waals surface area (Å²) in [5, 5.41) is 10.5. The van der Waals surface area contributed by atoms with E-state index in [1.165, 1.54) is 0 Å². The SMILES string of the molecule is Cc1cnc2c(Cl)cccc2c1-c1cccc(OCc2ccc(CC(=O)O)cc2)c1. The Kier molecular flexibility index (Phi) is 5.68. The van der Waals surface area contributed by atoms with Gasteiger partial charge >= 0.3 is 5.97 Å². The lowest BCUT2D eigenvalue weighted by atomic mass is 9.97. The van der Waals surface area contributed by atoms with Gasteiger partial charge in [0.25, 0.3) is 0 Å². The molecule has 5 heteroatoms. The maximum atomic E-state index is 10.8. The quantitative estimate of drug-likeness (QED) is 0.413. The Bertz CT molecular complexity index is 1220. The van der Waals surface area contributed by atoms with Crippen molar-refractivity contribution in [3.05, 3.63) is 94.6 Å². The Morgan fingerprint density at radius 2 is 1.77 bits per heavy atom. The highest BCUT2D eigenvalue weighted by Gasteiger charge is 2.11. The smallest absolute Gasteiger partial charge is 0.307 e. The van der Waals surface area contributed by atoms with E-state index in [0.717, 1.165) is 44.5 Å². The zero-order chi connectivity index (χ0) is 21.1. The number of aromatic nitrogens is 1. The highest BCUT2D eigenvalue weighted by Crippen LogP contribution is 2.35. The Balaban J connectivity index is 1.58. The Morgan fingerprint density at radius 1 is 1.03 bits per heavy atom. The average Bonchev–Trinajstić information content (AvgIpc) is 2.73. The summed E-state index contributed by atoms with van der Waals surface area (Å²) in [5.74, 6) is -0.0791. The first kappa shape index (κ1) is 19.9. The van der Waals surface area contributed by atoms with E-state index in [9.17, 15) is 4.79 Å². The lowest BCUT2D eigenvalue weighted by Crippen LogP contribution is -2.01. The molecule has 0 aliphatic carbocycles. The van der Waals surface area contributed by atoms with Gasteiger partial charge in [-0.15, -0.1) is 0 Å². The summed E-state index contributed by atoms with van der Waals surface area (Å²) in [7, 11) is 0. The summed E-state index contributed by atoms with van der Waals surface area (Å²) in [6.07, 6.45) is 1.86. The van der Waals surface area contributed by atoms with Crippen molar-refractivity contribution in [1.29, 1.82) is 0 Å². The number of hydrogen-bond donors (Lipinski definition) is 1. The van der Waals surface area contributed by atoms with Crippen LogP contribution in [-0.2, 0) is 17.8 Å². The number of aliphatic carboxylic acids is 1. The zero-order valence-electron chi connectivity index (χ0n) is 16.4. The van der Waals surface area contributed by atoms with Crippen LogP contribution in [0.15, 0.2) is 72.9 Å². The second kappa shape index (κ2) is 8.56. The topological polar surface area (TPSA) is 59.4 Å². The summed E-state index contributed by atoms with van der Waals surface area (Å²) < 4.78 is 5.99. The van der Waals surface area contributed by atoms with Crippen molar-refractivity contribution in [3.8, 4) is 16.9 Å². The number of para-hydroxylation sites is 1. The molecule has 4 nitrogen and oxygen atoms in total. The molecule has 0 fully saturated rings. The number of carboxylic acids is 1. The second-order valence-corrected chi connectivity index (χ2v) is 7.56. The van der Waals surface area contributed by atoms with Gasteiger partial charge in [-0.25, -0.2) is 0 Å². The van der Waals surface area contributed by atoms with Gasteiger partial charge in [-0.05, 0) is 52.9 Å². The first-order chi connectivity index (χ1) is 14.5. The van der Waals surface area contributed by atoms with E-state index in [1.807, 2.05) is 73.8 Å². The molecule has 150 valence electrons. The van der Waals surface area contributed by atoms with E-state index in [0.29, 0.717) is 11.6 Å². The van der Waals surface area contributed by atoms with Crippen molar-refractivity contribution in [3.63, 3.8) is 0 Å². The van der Waals surface area contributed by atoms with Crippen molar-refractivity contribution in [2.45, 2.75) is 20.0 Å². The van der Waals surface area contributed by atoms with E-state index in [-0.39, 0.29) is 6.42 Å².